The van der Waals surface area contributed by atoms with Gasteiger partial charge in [0.2, 0.25) is 0 Å². The van der Waals surface area contributed by atoms with Gasteiger partial charge in [-0.25, -0.2) is 9.18 Å². The Balaban J connectivity index is 1.75. The molecule has 33 heavy (non-hydrogen) atoms. The molecule has 10 heteroatoms. The van der Waals surface area contributed by atoms with Crippen LogP contribution in [0.15, 0.2) is 82.2 Å². The second-order valence-electron chi connectivity index (χ2n) is 6.96. The number of rotatable bonds is 9. The molecule has 0 bridgehead atoms. The fourth-order valence-electron chi connectivity index (χ4n) is 2.90. The van der Waals surface area contributed by atoms with E-state index in [1.807, 2.05) is 18.2 Å². The Labute approximate surface area is 200 Å². The third-order valence-electron chi connectivity index (χ3n) is 4.55. The monoisotopic (exact) mass is 536 g/mol. The lowest BCUT2D eigenvalue weighted by Crippen LogP contribution is -2.36. The highest BCUT2D eigenvalue weighted by atomic mass is 79.9. The van der Waals surface area contributed by atoms with E-state index in [0.29, 0.717) is 24.4 Å². The third kappa shape index (κ3) is 7.01. The van der Waals surface area contributed by atoms with Crippen molar-refractivity contribution in [1.82, 2.24) is 4.90 Å². The van der Waals surface area contributed by atoms with Crippen LogP contribution in [0.4, 0.5) is 14.9 Å². The van der Waals surface area contributed by atoms with Gasteiger partial charge in [0.05, 0.1) is 12.3 Å². The van der Waals surface area contributed by atoms with Crippen LogP contribution in [0.1, 0.15) is 5.56 Å². The van der Waals surface area contributed by atoms with Gasteiger partial charge < -0.3 is 19.1 Å². The molecule has 7 nitrogen and oxygen atoms in total. The normalized spacial score (nSPS) is 11.1. The average molecular weight is 537 g/mol. The molecule has 0 saturated carbocycles. The number of urea groups is 1. The molecular formula is C23H22BrFN2O5S. The van der Waals surface area contributed by atoms with Gasteiger partial charge in [-0.15, -0.1) is 0 Å². The molecule has 2 amide bonds. The molecular weight excluding hydrogens is 515 g/mol. The maximum Gasteiger partial charge on any atom is 0.339 e. The quantitative estimate of drug-likeness (QED) is 0.387. The van der Waals surface area contributed by atoms with Crippen LogP contribution < -0.4 is 9.50 Å². The summed E-state index contributed by atoms with van der Waals surface area (Å²) < 4.78 is 49.2. The van der Waals surface area contributed by atoms with Crippen LogP contribution in [-0.4, -0.2) is 39.6 Å². The highest BCUT2D eigenvalue weighted by molar-refractivity contribution is 9.10. The number of amides is 2. The standard InChI is InChI=1S/C23H22BrFN2O5S/c1-31-14-13-27(23(28)26-22-8-3-2-7-21(22)24)16-17-5-4-6-19(15-17)32-33(29,30)20-11-9-18(25)10-12-20/h2-12,15H,13-14,16H2,1H3,(H,26,28). The molecule has 0 saturated heterocycles. The summed E-state index contributed by atoms with van der Waals surface area (Å²) in [4.78, 5) is 14.3. The van der Waals surface area contributed by atoms with Crippen LogP contribution in [0.3, 0.4) is 0 Å². The molecule has 0 unspecified atom stereocenters. The zero-order valence-corrected chi connectivity index (χ0v) is 20.1. The van der Waals surface area contributed by atoms with Crippen LogP contribution in [0.25, 0.3) is 0 Å². The minimum Gasteiger partial charge on any atom is -0.383 e. The number of nitrogens with zero attached hydrogens (tertiary/aromatic N) is 1. The first kappa shape index (κ1) is 24.7. The summed E-state index contributed by atoms with van der Waals surface area (Å²) in [7, 11) is -2.60. The Hall–Kier alpha value is -2.95. The first-order chi connectivity index (χ1) is 15.8. The van der Waals surface area contributed by atoms with Crippen molar-refractivity contribution in [1.29, 1.82) is 0 Å². The fourth-order valence-corrected chi connectivity index (χ4v) is 4.21. The zero-order valence-electron chi connectivity index (χ0n) is 17.7. The van der Waals surface area contributed by atoms with E-state index < -0.39 is 15.9 Å². The SMILES string of the molecule is COCCN(Cc1cccc(OS(=O)(=O)c2ccc(F)cc2)c1)C(=O)Nc1ccccc1Br. The van der Waals surface area contributed by atoms with Gasteiger partial charge in [0, 0.05) is 24.7 Å². The molecule has 0 radical (unpaired) electrons. The number of hydrogen-bond donors (Lipinski definition) is 1. The van der Waals surface area contributed by atoms with E-state index in [1.165, 1.54) is 17.0 Å². The number of methoxy groups -OCH3 is 1. The molecule has 3 aromatic carbocycles. The predicted octanol–water partition coefficient (Wildman–Crippen LogP) is 5.04. The number of carbonyl (C=O) groups excluding carboxylic acids is 1. The summed E-state index contributed by atoms with van der Waals surface area (Å²) in [6, 6.07) is 17.7. The van der Waals surface area contributed by atoms with Crippen LogP contribution in [0.5, 0.6) is 5.75 Å². The van der Waals surface area contributed by atoms with E-state index >= 15 is 0 Å². The van der Waals surface area contributed by atoms with Crippen LogP contribution in [0, 0.1) is 5.82 Å². The lowest BCUT2D eigenvalue weighted by Gasteiger charge is -2.23. The minimum atomic E-state index is -4.14. The highest BCUT2D eigenvalue weighted by Gasteiger charge is 2.19. The van der Waals surface area contributed by atoms with Crippen molar-refractivity contribution in [2.45, 2.75) is 11.4 Å². The molecule has 3 aromatic rings. The Morgan fingerprint density at radius 2 is 1.79 bits per heavy atom. The van der Waals surface area contributed by atoms with E-state index in [4.69, 9.17) is 8.92 Å². The Kier molecular flexibility index (Phi) is 8.43. The van der Waals surface area contributed by atoms with Gasteiger partial charge in [-0.05, 0) is 70.0 Å². The lowest BCUT2D eigenvalue weighted by molar-refractivity contribution is 0.153. The molecule has 0 fully saturated rings. The van der Waals surface area contributed by atoms with Gasteiger partial charge in [0.15, 0.2) is 0 Å². The Morgan fingerprint density at radius 1 is 1.06 bits per heavy atom. The largest absolute Gasteiger partial charge is 0.383 e. The maximum atomic E-state index is 13.1. The van der Waals surface area contributed by atoms with E-state index in [9.17, 15) is 17.6 Å². The number of ether oxygens (including phenoxy) is 1. The first-order valence-electron chi connectivity index (χ1n) is 9.87. The van der Waals surface area contributed by atoms with Crippen LogP contribution >= 0.6 is 15.9 Å². The van der Waals surface area contributed by atoms with Crippen molar-refractivity contribution in [2.24, 2.45) is 0 Å². The summed E-state index contributed by atoms with van der Waals surface area (Å²) in [5.74, 6) is -0.470. The van der Waals surface area contributed by atoms with Crippen molar-refractivity contribution >= 4 is 37.8 Å². The summed E-state index contributed by atoms with van der Waals surface area (Å²) in [5, 5.41) is 2.85. The van der Waals surface area contributed by atoms with Gasteiger partial charge in [-0.1, -0.05) is 24.3 Å². The molecule has 0 spiro atoms. The summed E-state index contributed by atoms with van der Waals surface area (Å²) in [6.07, 6.45) is 0. The number of halogens is 2. The van der Waals surface area contributed by atoms with Crippen molar-refractivity contribution in [3.8, 4) is 5.75 Å². The zero-order chi connectivity index (χ0) is 23.8. The van der Waals surface area contributed by atoms with Crippen molar-refractivity contribution in [3.05, 3.63) is 88.6 Å². The smallest absolute Gasteiger partial charge is 0.339 e. The lowest BCUT2D eigenvalue weighted by atomic mass is 10.2. The molecule has 0 heterocycles. The van der Waals surface area contributed by atoms with Crippen LogP contribution in [0.2, 0.25) is 0 Å². The fraction of sp³-hybridized carbons (Fsp3) is 0.174. The number of nitrogens with one attached hydrogen (secondary N) is 1. The average Bonchev–Trinajstić information content (AvgIpc) is 2.78. The number of para-hydroxylation sites is 1. The molecule has 0 atom stereocenters. The van der Waals surface area contributed by atoms with Crippen molar-refractivity contribution in [2.75, 3.05) is 25.6 Å². The highest BCUT2D eigenvalue weighted by Crippen LogP contribution is 2.23. The number of carbonyl (C=O) groups is 1. The van der Waals surface area contributed by atoms with Crippen molar-refractivity contribution in [3.63, 3.8) is 0 Å². The van der Waals surface area contributed by atoms with Crippen LogP contribution in [-0.2, 0) is 21.4 Å². The first-order valence-corrected chi connectivity index (χ1v) is 12.1. The second kappa shape index (κ2) is 11.3. The number of anilines is 1. The predicted molar refractivity (Wildman–Crippen MR) is 126 cm³/mol. The molecule has 0 aromatic heterocycles. The molecule has 0 aliphatic rings. The summed E-state index contributed by atoms with van der Waals surface area (Å²) >= 11 is 3.40. The molecule has 0 aliphatic heterocycles. The molecule has 0 aliphatic carbocycles. The van der Waals surface area contributed by atoms with E-state index in [0.717, 1.165) is 28.7 Å². The van der Waals surface area contributed by atoms with Gasteiger partial charge in [-0.2, -0.15) is 8.42 Å². The molecule has 174 valence electrons. The van der Waals surface area contributed by atoms with Gasteiger partial charge >= 0.3 is 16.1 Å². The van der Waals surface area contributed by atoms with E-state index in [1.54, 1.807) is 25.3 Å². The van der Waals surface area contributed by atoms with E-state index in [2.05, 4.69) is 21.2 Å². The topological polar surface area (TPSA) is 84.9 Å². The number of benzene rings is 3. The summed E-state index contributed by atoms with van der Waals surface area (Å²) in [6.45, 7) is 0.817. The molecule has 3 rings (SSSR count). The van der Waals surface area contributed by atoms with Crippen molar-refractivity contribution < 1.29 is 26.5 Å². The Bertz CT molecular complexity index is 1210. The number of hydrogen-bond acceptors (Lipinski definition) is 5. The molecule has 1 N–H and O–H groups in total. The summed E-state index contributed by atoms with van der Waals surface area (Å²) in [5.41, 5.74) is 1.27. The van der Waals surface area contributed by atoms with Gasteiger partial charge in [0.25, 0.3) is 0 Å². The van der Waals surface area contributed by atoms with E-state index in [-0.39, 0.29) is 23.2 Å². The Morgan fingerprint density at radius 3 is 2.48 bits per heavy atom. The van der Waals surface area contributed by atoms with Gasteiger partial charge in [-0.3, -0.25) is 0 Å². The second-order valence-corrected chi connectivity index (χ2v) is 9.36. The maximum absolute atomic E-state index is 13.1. The van der Waals surface area contributed by atoms with Gasteiger partial charge in [0.1, 0.15) is 16.5 Å². The minimum absolute atomic E-state index is 0.0785. The third-order valence-corrected chi connectivity index (χ3v) is 6.50.